The highest BCUT2D eigenvalue weighted by atomic mass is 127. The number of aryl methyl sites for hydroxylation is 1. The first-order valence-electron chi connectivity index (χ1n) is 5.12. The number of amides is 1. The molecule has 0 atom stereocenters. The average molecular weight is 362 g/mol. The lowest BCUT2D eigenvalue weighted by atomic mass is 9.92. The van der Waals surface area contributed by atoms with Gasteiger partial charge in [-0.15, -0.1) is 0 Å². The van der Waals surface area contributed by atoms with E-state index >= 15 is 0 Å². The zero-order valence-corrected chi connectivity index (χ0v) is 13.0. The number of anilines is 1. The van der Waals surface area contributed by atoms with Crippen molar-refractivity contribution in [3.05, 3.63) is 27.3 Å². The minimum Gasteiger partial charge on any atom is -0.392 e. The molecule has 0 aliphatic rings. The number of nitrogens with one attached hydrogen (secondary N) is 1. The van der Waals surface area contributed by atoms with Gasteiger partial charge in [-0.1, -0.05) is 18.3 Å². The van der Waals surface area contributed by atoms with E-state index in [-0.39, 0.29) is 10.9 Å². The Bertz CT molecular complexity index is 472. The molecule has 3 N–H and O–H groups in total. The zero-order valence-electron chi connectivity index (χ0n) is 10.0. The molecule has 1 rings (SSSR count). The number of nitrogens with two attached hydrogens (primary N) is 1. The number of hydrogen-bond donors (Lipinski definition) is 2. The van der Waals surface area contributed by atoms with E-state index in [1.165, 1.54) is 5.56 Å². The summed E-state index contributed by atoms with van der Waals surface area (Å²) in [5.41, 5.74) is 6.64. The van der Waals surface area contributed by atoms with Crippen LogP contribution in [0, 0.1) is 15.9 Å². The second kappa shape index (κ2) is 5.30. The van der Waals surface area contributed by atoms with Crippen LogP contribution in [-0.4, -0.2) is 10.9 Å². The quantitative estimate of drug-likeness (QED) is 0.642. The first-order chi connectivity index (χ1) is 7.75. The van der Waals surface area contributed by atoms with Crippen molar-refractivity contribution >= 4 is 51.4 Å². The third-order valence-electron chi connectivity index (χ3n) is 2.61. The van der Waals surface area contributed by atoms with Crippen molar-refractivity contribution in [1.29, 1.82) is 0 Å². The summed E-state index contributed by atoms with van der Waals surface area (Å²) < 4.78 is 1.11. The number of halogens is 1. The van der Waals surface area contributed by atoms with Gasteiger partial charge in [0.05, 0.1) is 10.4 Å². The molecule has 1 amide bonds. The van der Waals surface area contributed by atoms with Crippen LogP contribution >= 0.6 is 34.8 Å². The summed E-state index contributed by atoms with van der Waals surface area (Å²) in [7, 11) is 0. The number of thiocarbonyl (C=S) groups is 1. The van der Waals surface area contributed by atoms with Crippen LogP contribution in [0.3, 0.4) is 0 Å². The van der Waals surface area contributed by atoms with Gasteiger partial charge in [-0.25, -0.2) is 0 Å². The average Bonchev–Trinajstić information content (AvgIpc) is 2.23. The lowest BCUT2D eigenvalue weighted by Gasteiger charge is -2.22. The fourth-order valence-corrected chi connectivity index (χ4v) is 1.68. The molecule has 0 unspecified atom stereocenters. The maximum atomic E-state index is 12.0. The van der Waals surface area contributed by atoms with Gasteiger partial charge in [0, 0.05) is 9.26 Å². The highest BCUT2D eigenvalue weighted by Crippen LogP contribution is 2.21. The molecule has 1 aromatic rings. The zero-order chi connectivity index (χ0) is 13.2. The Morgan fingerprint density at radius 3 is 2.53 bits per heavy atom. The minimum absolute atomic E-state index is 0.190. The maximum Gasteiger partial charge on any atom is 0.236 e. The van der Waals surface area contributed by atoms with E-state index in [4.69, 9.17) is 18.0 Å². The molecule has 0 aliphatic carbocycles. The number of benzene rings is 1. The molecule has 1 aromatic carbocycles. The van der Waals surface area contributed by atoms with Crippen LogP contribution < -0.4 is 11.1 Å². The van der Waals surface area contributed by atoms with Crippen molar-refractivity contribution in [1.82, 2.24) is 0 Å². The molecule has 0 spiro atoms. The molecule has 0 bridgehead atoms. The number of carbonyl (C=O) groups excluding carboxylic acids is 1. The summed E-state index contributed by atoms with van der Waals surface area (Å²) in [6, 6.07) is 5.75. The van der Waals surface area contributed by atoms with E-state index in [0.717, 1.165) is 9.26 Å². The standard InChI is InChI=1S/C12H15IN2OS/c1-7-4-5-8(6-9(7)13)15-11(16)12(2,3)10(14)17/h4-6H,1-3H3,(H2,14,17)(H,15,16). The number of rotatable bonds is 3. The molecule has 5 heteroatoms. The summed E-state index contributed by atoms with van der Waals surface area (Å²) >= 11 is 7.12. The van der Waals surface area contributed by atoms with E-state index < -0.39 is 5.41 Å². The van der Waals surface area contributed by atoms with Gasteiger partial charge in [0.1, 0.15) is 0 Å². The molecular weight excluding hydrogens is 347 g/mol. The molecule has 0 saturated heterocycles. The Hall–Kier alpha value is -0.690. The van der Waals surface area contributed by atoms with E-state index in [2.05, 4.69) is 27.9 Å². The monoisotopic (exact) mass is 362 g/mol. The van der Waals surface area contributed by atoms with Gasteiger partial charge in [0.25, 0.3) is 0 Å². The molecule has 0 aliphatic heterocycles. The maximum absolute atomic E-state index is 12.0. The summed E-state index contributed by atoms with van der Waals surface area (Å²) in [5, 5.41) is 2.82. The normalized spacial score (nSPS) is 11.1. The van der Waals surface area contributed by atoms with Crippen LogP contribution in [0.4, 0.5) is 5.69 Å². The van der Waals surface area contributed by atoms with Crippen LogP contribution in [0.1, 0.15) is 19.4 Å². The van der Waals surface area contributed by atoms with E-state index in [9.17, 15) is 4.79 Å². The van der Waals surface area contributed by atoms with Crippen molar-refractivity contribution in [3.8, 4) is 0 Å². The highest BCUT2D eigenvalue weighted by molar-refractivity contribution is 14.1. The van der Waals surface area contributed by atoms with Crippen LogP contribution in [-0.2, 0) is 4.79 Å². The smallest absolute Gasteiger partial charge is 0.236 e. The van der Waals surface area contributed by atoms with Crippen LogP contribution in [0.2, 0.25) is 0 Å². The third-order valence-corrected chi connectivity index (χ3v) is 4.29. The van der Waals surface area contributed by atoms with Gasteiger partial charge in [0.2, 0.25) is 5.91 Å². The van der Waals surface area contributed by atoms with Crippen molar-refractivity contribution in [2.24, 2.45) is 11.1 Å². The third kappa shape index (κ3) is 3.38. The van der Waals surface area contributed by atoms with Gasteiger partial charge < -0.3 is 11.1 Å². The van der Waals surface area contributed by atoms with Gasteiger partial charge >= 0.3 is 0 Å². The highest BCUT2D eigenvalue weighted by Gasteiger charge is 2.30. The SMILES string of the molecule is Cc1ccc(NC(=O)C(C)(C)C(N)=S)cc1I. The van der Waals surface area contributed by atoms with E-state index in [1.54, 1.807) is 13.8 Å². The molecule has 0 saturated carbocycles. The fraction of sp³-hybridized carbons (Fsp3) is 0.333. The molecule has 0 heterocycles. The molecule has 17 heavy (non-hydrogen) atoms. The fourth-order valence-electron chi connectivity index (χ4n) is 1.07. The Kier molecular flexibility index (Phi) is 4.48. The minimum atomic E-state index is -0.842. The number of hydrogen-bond acceptors (Lipinski definition) is 2. The topological polar surface area (TPSA) is 55.1 Å². The molecule has 3 nitrogen and oxygen atoms in total. The Morgan fingerprint density at radius 1 is 1.47 bits per heavy atom. The van der Waals surface area contributed by atoms with Gasteiger partial charge in [-0.3, -0.25) is 4.79 Å². The molecule has 0 aromatic heterocycles. The predicted molar refractivity (Wildman–Crippen MR) is 83.1 cm³/mol. The van der Waals surface area contributed by atoms with Crippen LogP contribution in [0.5, 0.6) is 0 Å². The Morgan fingerprint density at radius 2 is 2.06 bits per heavy atom. The molecule has 0 radical (unpaired) electrons. The van der Waals surface area contributed by atoms with Crippen LogP contribution in [0.15, 0.2) is 18.2 Å². The lowest BCUT2D eigenvalue weighted by Crippen LogP contribution is -2.41. The first kappa shape index (κ1) is 14.4. The van der Waals surface area contributed by atoms with Gasteiger partial charge in [-0.05, 0) is 61.1 Å². The van der Waals surface area contributed by atoms with E-state index in [1.807, 2.05) is 25.1 Å². The first-order valence-corrected chi connectivity index (χ1v) is 6.61. The van der Waals surface area contributed by atoms with Gasteiger partial charge in [0.15, 0.2) is 0 Å². The van der Waals surface area contributed by atoms with Crippen molar-refractivity contribution in [2.45, 2.75) is 20.8 Å². The second-order valence-electron chi connectivity index (χ2n) is 4.41. The van der Waals surface area contributed by atoms with E-state index in [0.29, 0.717) is 0 Å². The summed E-state index contributed by atoms with van der Waals surface area (Å²) in [4.78, 5) is 12.2. The Labute approximate surface area is 120 Å². The summed E-state index contributed by atoms with van der Waals surface area (Å²) in [6.45, 7) is 5.44. The Balaban J connectivity index is 2.89. The van der Waals surface area contributed by atoms with Crippen molar-refractivity contribution in [2.75, 3.05) is 5.32 Å². The van der Waals surface area contributed by atoms with Crippen LogP contribution in [0.25, 0.3) is 0 Å². The summed E-state index contributed by atoms with van der Waals surface area (Å²) in [5.74, 6) is -0.190. The molecular formula is C12H15IN2OS. The largest absolute Gasteiger partial charge is 0.392 e. The van der Waals surface area contributed by atoms with Gasteiger partial charge in [-0.2, -0.15) is 0 Å². The predicted octanol–water partition coefficient (Wildman–Crippen LogP) is 2.85. The molecule has 0 fully saturated rings. The number of carbonyl (C=O) groups is 1. The lowest BCUT2D eigenvalue weighted by molar-refractivity contribution is -0.121. The van der Waals surface area contributed by atoms with Crippen molar-refractivity contribution < 1.29 is 4.79 Å². The second-order valence-corrected chi connectivity index (χ2v) is 6.01. The van der Waals surface area contributed by atoms with Crippen molar-refractivity contribution in [3.63, 3.8) is 0 Å². The summed E-state index contributed by atoms with van der Waals surface area (Å²) in [6.07, 6.45) is 0. The molecule has 92 valence electrons.